The smallest absolute Gasteiger partial charge is 0.416 e. The third-order valence-electron chi connectivity index (χ3n) is 4.11. The first-order valence-electron chi connectivity index (χ1n) is 8.22. The highest BCUT2D eigenvalue weighted by atomic mass is 35.5. The summed E-state index contributed by atoms with van der Waals surface area (Å²) >= 11 is 6.00. The number of halogens is 5. The van der Waals surface area contributed by atoms with Gasteiger partial charge in [0, 0.05) is 17.1 Å². The van der Waals surface area contributed by atoms with Crippen molar-refractivity contribution in [3.8, 4) is 0 Å². The van der Waals surface area contributed by atoms with Crippen molar-refractivity contribution in [2.24, 2.45) is 0 Å². The molecule has 0 atom stereocenters. The highest BCUT2D eigenvalue weighted by molar-refractivity contribution is 7.89. The van der Waals surface area contributed by atoms with Gasteiger partial charge >= 0.3 is 6.18 Å². The summed E-state index contributed by atoms with van der Waals surface area (Å²) in [6.45, 7) is -0.818. The molecule has 0 aliphatic carbocycles. The Kier molecular flexibility index (Phi) is 6.02. The van der Waals surface area contributed by atoms with E-state index in [2.05, 4.69) is 0 Å². The number of rotatable bonds is 6. The Bertz CT molecular complexity index is 1080. The van der Waals surface area contributed by atoms with Crippen molar-refractivity contribution in [3.63, 3.8) is 0 Å². The second-order valence-corrected chi connectivity index (χ2v) is 8.42. The van der Waals surface area contributed by atoms with Crippen LogP contribution in [-0.2, 0) is 29.3 Å². The molecule has 4 nitrogen and oxygen atoms in total. The molecule has 3 aromatic rings. The molecule has 0 saturated carbocycles. The Hall–Kier alpha value is -2.36. The van der Waals surface area contributed by atoms with Gasteiger partial charge in [0.2, 0.25) is 10.0 Å². The van der Waals surface area contributed by atoms with Crippen molar-refractivity contribution in [3.05, 3.63) is 88.6 Å². The molecule has 0 fully saturated rings. The summed E-state index contributed by atoms with van der Waals surface area (Å²) in [5.41, 5.74) is -1.21. The van der Waals surface area contributed by atoms with Gasteiger partial charge in [0.15, 0.2) is 0 Å². The number of hydrogen-bond acceptors (Lipinski definition) is 3. The number of sulfonamides is 1. The maximum atomic E-state index is 14.2. The lowest BCUT2D eigenvalue weighted by Crippen LogP contribution is -2.31. The van der Waals surface area contributed by atoms with E-state index < -0.39 is 39.0 Å². The van der Waals surface area contributed by atoms with Gasteiger partial charge in [-0.1, -0.05) is 23.7 Å². The summed E-state index contributed by atoms with van der Waals surface area (Å²) in [4.78, 5) is -0.577. The van der Waals surface area contributed by atoms with Crippen molar-refractivity contribution >= 4 is 21.6 Å². The number of benzene rings is 2. The molecule has 1 aromatic heterocycles. The van der Waals surface area contributed by atoms with Crippen LogP contribution in [0.15, 0.2) is 70.2 Å². The summed E-state index contributed by atoms with van der Waals surface area (Å²) < 4.78 is 85.5. The van der Waals surface area contributed by atoms with Crippen LogP contribution in [0.5, 0.6) is 0 Å². The highest BCUT2D eigenvalue weighted by Crippen LogP contribution is 2.32. The van der Waals surface area contributed by atoms with Gasteiger partial charge in [-0.2, -0.15) is 17.5 Å². The van der Waals surface area contributed by atoms with Crippen LogP contribution in [0, 0.1) is 5.82 Å². The number of alkyl halides is 3. The second-order valence-electron chi connectivity index (χ2n) is 6.08. The summed E-state index contributed by atoms with van der Waals surface area (Å²) in [5, 5.41) is -0.00585. The second kappa shape index (κ2) is 8.17. The Morgan fingerprint density at radius 2 is 1.72 bits per heavy atom. The number of nitrogens with zero attached hydrogens (tertiary/aromatic N) is 1. The van der Waals surface area contributed by atoms with Crippen LogP contribution in [0.1, 0.15) is 16.9 Å². The minimum absolute atomic E-state index is 0.00585. The standard InChI is InChI=1S/C19H14ClF4NO3S/c20-17-7-2-8-18(21)16(17)12-25(11-14-5-3-9-28-14)29(26,27)15-6-1-4-13(10-15)19(22,23)24/h1-10H,11-12H2. The molecule has 0 spiro atoms. The molecular formula is C19H14ClF4NO3S. The molecule has 0 saturated heterocycles. The lowest BCUT2D eigenvalue weighted by molar-refractivity contribution is -0.137. The van der Waals surface area contributed by atoms with Gasteiger partial charge in [0.1, 0.15) is 11.6 Å². The van der Waals surface area contributed by atoms with E-state index in [0.717, 1.165) is 28.6 Å². The molecule has 1 heterocycles. The van der Waals surface area contributed by atoms with Crippen LogP contribution >= 0.6 is 11.6 Å². The van der Waals surface area contributed by atoms with Crippen LogP contribution in [0.25, 0.3) is 0 Å². The fourth-order valence-electron chi connectivity index (χ4n) is 2.64. The zero-order valence-corrected chi connectivity index (χ0v) is 16.2. The monoisotopic (exact) mass is 447 g/mol. The van der Waals surface area contributed by atoms with Gasteiger partial charge in [-0.25, -0.2) is 12.8 Å². The zero-order chi connectivity index (χ0) is 21.2. The normalized spacial score (nSPS) is 12.5. The first-order valence-corrected chi connectivity index (χ1v) is 10.0. The maximum absolute atomic E-state index is 14.2. The Balaban J connectivity index is 2.05. The van der Waals surface area contributed by atoms with Crippen molar-refractivity contribution in [2.75, 3.05) is 0 Å². The molecule has 0 radical (unpaired) electrons. The minimum atomic E-state index is -4.72. The average Bonchev–Trinajstić information content (AvgIpc) is 3.16. The zero-order valence-electron chi connectivity index (χ0n) is 14.7. The van der Waals surface area contributed by atoms with E-state index in [1.807, 2.05) is 0 Å². The van der Waals surface area contributed by atoms with Gasteiger partial charge in [-0.3, -0.25) is 0 Å². The Morgan fingerprint density at radius 1 is 1.00 bits per heavy atom. The summed E-state index contributed by atoms with van der Waals surface area (Å²) in [5.74, 6) is -0.505. The molecule has 29 heavy (non-hydrogen) atoms. The summed E-state index contributed by atoms with van der Waals surface area (Å²) in [7, 11) is -4.44. The lowest BCUT2D eigenvalue weighted by Gasteiger charge is -2.22. The quantitative estimate of drug-likeness (QED) is 0.470. The fraction of sp³-hybridized carbons (Fsp3) is 0.158. The highest BCUT2D eigenvalue weighted by Gasteiger charge is 2.33. The first kappa shape index (κ1) is 21.4. The van der Waals surface area contributed by atoms with Crippen molar-refractivity contribution in [1.82, 2.24) is 4.31 Å². The van der Waals surface area contributed by atoms with Crippen LogP contribution in [-0.4, -0.2) is 12.7 Å². The summed E-state index contributed by atoms with van der Waals surface area (Å²) in [6.07, 6.45) is -3.40. The van der Waals surface area contributed by atoms with Crippen LogP contribution in [0.3, 0.4) is 0 Å². The average molecular weight is 448 g/mol. The maximum Gasteiger partial charge on any atom is 0.416 e. The Labute approximate surface area is 169 Å². The largest absolute Gasteiger partial charge is 0.468 e. The lowest BCUT2D eigenvalue weighted by atomic mass is 10.2. The van der Waals surface area contributed by atoms with Gasteiger partial charge < -0.3 is 4.42 Å². The van der Waals surface area contributed by atoms with Gasteiger partial charge in [-0.15, -0.1) is 0 Å². The van der Waals surface area contributed by atoms with Gasteiger partial charge in [-0.05, 0) is 42.5 Å². The molecule has 0 amide bonds. The molecule has 0 N–H and O–H groups in total. The van der Waals surface area contributed by atoms with E-state index in [-0.39, 0.29) is 22.9 Å². The predicted molar refractivity (Wildman–Crippen MR) is 98.0 cm³/mol. The van der Waals surface area contributed by atoms with Crippen molar-refractivity contribution in [1.29, 1.82) is 0 Å². The first-order chi connectivity index (χ1) is 13.6. The summed E-state index contributed by atoms with van der Waals surface area (Å²) in [6, 6.07) is 10.2. The number of hydrogen-bond donors (Lipinski definition) is 0. The van der Waals surface area contributed by atoms with E-state index in [1.165, 1.54) is 30.5 Å². The van der Waals surface area contributed by atoms with Crippen LogP contribution in [0.4, 0.5) is 17.6 Å². The van der Waals surface area contributed by atoms with E-state index in [9.17, 15) is 26.0 Å². The molecule has 3 rings (SSSR count). The molecular weight excluding hydrogens is 434 g/mol. The Morgan fingerprint density at radius 3 is 2.34 bits per heavy atom. The van der Waals surface area contributed by atoms with E-state index in [4.69, 9.17) is 16.0 Å². The molecule has 0 unspecified atom stereocenters. The third kappa shape index (κ3) is 4.80. The topological polar surface area (TPSA) is 50.5 Å². The SMILES string of the molecule is O=S(=O)(c1cccc(C(F)(F)F)c1)N(Cc1ccco1)Cc1c(F)cccc1Cl. The van der Waals surface area contributed by atoms with Crippen molar-refractivity contribution < 1.29 is 30.4 Å². The fourth-order valence-corrected chi connectivity index (χ4v) is 4.29. The van der Waals surface area contributed by atoms with Gasteiger partial charge in [0.25, 0.3) is 0 Å². The van der Waals surface area contributed by atoms with Gasteiger partial charge in [0.05, 0.1) is 23.3 Å². The van der Waals surface area contributed by atoms with E-state index in [0.29, 0.717) is 6.07 Å². The predicted octanol–water partition coefficient (Wildman–Crippen LogP) is 5.48. The molecule has 0 aliphatic rings. The molecule has 2 aromatic carbocycles. The molecule has 154 valence electrons. The number of furan rings is 1. The van der Waals surface area contributed by atoms with Crippen LogP contribution < -0.4 is 0 Å². The van der Waals surface area contributed by atoms with Crippen molar-refractivity contribution in [2.45, 2.75) is 24.2 Å². The molecule has 0 bridgehead atoms. The van der Waals surface area contributed by atoms with E-state index in [1.54, 1.807) is 0 Å². The molecule has 0 aliphatic heterocycles. The minimum Gasteiger partial charge on any atom is -0.468 e. The van der Waals surface area contributed by atoms with Crippen LogP contribution in [0.2, 0.25) is 5.02 Å². The molecule has 10 heteroatoms. The van der Waals surface area contributed by atoms with E-state index >= 15 is 0 Å². The third-order valence-corrected chi connectivity index (χ3v) is 6.25.